The molecule has 0 saturated heterocycles. The van der Waals surface area contributed by atoms with Crippen molar-refractivity contribution in [3.63, 3.8) is 0 Å². The second-order valence-corrected chi connectivity index (χ2v) is 7.60. The number of ketones is 1. The van der Waals surface area contributed by atoms with Crippen LogP contribution < -0.4 is 10.1 Å². The number of amides is 1. The molecule has 28 heavy (non-hydrogen) atoms. The van der Waals surface area contributed by atoms with E-state index in [-0.39, 0.29) is 23.5 Å². The summed E-state index contributed by atoms with van der Waals surface area (Å²) in [7, 11) is 1.62. The number of ether oxygens (including phenoxy) is 1. The summed E-state index contributed by atoms with van der Waals surface area (Å²) in [6.45, 7) is 2.13. The Balaban J connectivity index is 1.68. The number of aryl methyl sites for hydroxylation is 1. The summed E-state index contributed by atoms with van der Waals surface area (Å²) in [5.74, 6) is 0.763. The summed E-state index contributed by atoms with van der Waals surface area (Å²) in [5.41, 5.74) is 4.98. The number of hydrogen-bond acceptors (Lipinski definition) is 3. The number of Topliss-reactive ketones (excluding diaryl/α,β-unsaturated/α-hetero) is 1. The van der Waals surface area contributed by atoms with E-state index in [2.05, 4.69) is 36.5 Å². The predicted octanol–water partition coefficient (Wildman–Crippen LogP) is 4.26. The maximum Gasteiger partial charge on any atom is 0.225 e. The van der Waals surface area contributed by atoms with Crippen LogP contribution in [0.1, 0.15) is 54.7 Å². The summed E-state index contributed by atoms with van der Waals surface area (Å²) in [4.78, 5) is 25.5. The molecule has 1 aliphatic carbocycles. The molecule has 2 aliphatic rings. The number of nitrogens with one attached hydrogen (secondary N) is 1. The van der Waals surface area contributed by atoms with Crippen LogP contribution in [0.15, 0.2) is 59.8 Å². The van der Waals surface area contributed by atoms with Gasteiger partial charge in [-0.1, -0.05) is 43.3 Å². The number of allylic oxidation sites excluding steroid dienone is 2. The predicted molar refractivity (Wildman–Crippen MR) is 108 cm³/mol. The van der Waals surface area contributed by atoms with Crippen molar-refractivity contribution in [1.82, 2.24) is 5.32 Å². The Morgan fingerprint density at radius 2 is 1.79 bits per heavy atom. The van der Waals surface area contributed by atoms with Gasteiger partial charge in [-0.15, -0.1) is 0 Å². The molecule has 0 aromatic heterocycles. The highest BCUT2D eigenvalue weighted by Gasteiger charge is 2.38. The summed E-state index contributed by atoms with van der Waals surface area (Å²) in [6.07, 6.45) is 2.48. The number of benzene rings is 2. The Labute approximate surface area is 165 Å². The van der Waals surface area contributed by atoms with Crippen molar-refractivity contribution in [3.8, 4) is 5.75 Å². The molecule has 1 N–H and O–H groups in total. The van der Waals surface area contributed by atoms with Crippen LogP contribution in [0, 0.1) is 0 Å². The molecule has 1 amide bonds. The molecular formula is C24H25NO3. The van der Waals surface area contributed by atoms with Gasteiger partial charge in [0.15, 0.2) is 5.78 Å². The molecule has 2 unspecified atom stereocenters. The Kier molecular flexibility index (Phi) is 5.03. The molecule has 144 valence electrons. The van der Waals surface area contributed by atoms with Gasteiger partial charge in [0, 0.05) is 30.0 Å². The van der Waals surface area contributed by atoms with Crippen LogP contribution in [0.5, 0.6) is 5.75 Å². The third kappa shape index (κ3) is 3.47. The van der Waals surface area contributed by atoms with Gasteiger partial charge in [-0.3, -0.25) is 9.59 Å². The van der Waals surface area contributed by atoms with E-state index < -0.39 is 0 Å². The van der Waals surface area contributed by atoms with Crippen molar-refractivity contribution >= 4 is 11.7 Å². The van der Waals surface area contributed by atoms with Crippen molar-refractivity contribution in [1.29, 1.82) is 0 Å². The number of methoxy groups -OCH3 is 1. The summed E-state index contributed by atoms with van der Waals surface area (Å²) >= 11 is 0. The number of rotatable bonds is 4. The molecule has 4 heteroatoms. The third-order valence-corrected chi connectivity index (χ3v) is 5.89. The maximum absolute atomic E-state index is 13.1. The number of hydrogen-bond donors (Lipinski definition) is 1. The highest BCUT2D eigenvalue weighted by atomic mass is 16.5. The van der Waals surface area contributed by atoms with Gasteiger partial charge in [0.25, 0.3) is 0 Å². The van der Waals surface area contributed by atoms with Gasteiger partial charge in [-0.2, -0.15) is 0 Å². The fraction of sp³-hybridized carbons (Fsp3) is 0.333. The van der Waals surface area contributed by atoms with Crippen LogP contribution in [-0.4, -0.2) is 18.8 Å². The molecule has 0 saturated carbocycles. The lowest BCUT2D eigenvalue weighted by molar-refractivity contribution is -0.122. The minimum absolute atomic E-state index is 0.0265. The topological polar surface area (TPSA) is 55.4 Å². The van der Waals surface area contributed by atoms with Crippen LogP contribution in [0.3, 0.4) is 0 Å². The Morgan fingerprint density at radius 1 is 1.00 bits per heavy atom. The zero-order valence-corrected chi connectivity index (χ0v) is 16.3. The molecule has 2 aromatic rings. The second kappa shape index (κ2) is 7.63. The third-order valence-electron chi connectivity index (χ3n) is 5.89. The van der Waals surface area contributed by atoms with Crippen LogP contribution in [0.25, 0.3) is 0 Å². The van der Waals surface area contributed by atoms with Gasteiger partial charge in [0.1, 0.15) is 5.75 Å². The van der Waals surface area contributed by atoms with Gasteiger partial charge in [0.2, 0.25) is 5.91 Å². The SMILES string of the molecule is CCc1ccc(C2CC(=O)C3=C(C2)NC(=O)CC3c2cccc(OC)c2)cc1. The van der Waals surface area contributed by atoms with E-state index in [9.17, 15) is 9.59 Å². The van der Waals surface area contributed by atoms with Gasteiger partial charge in [-0.05, 0) is 47.6 Å². The van der Waals surface area contributed by atoms with Gasteiger partial charge in [-0.25, -0.2) is 0 Å². The van der Waals surface area contributed by atoms with Crippen molar-refractivity contribution in [2.45, 2.75) is 44.4 Å². The van der Waals surface area contributed by atoms with Crippen LogP contribution in [0.4, 0.5) is 0 Å². The first-order valence-electron chi connectivity index (χ1n) is 9.88. The fourth-order valence-corrected chi connectivity index (χ4v) is 4.36. The first-order chi connectivity index (χ1) is 13.6. The molecule has 2 atom stereocenters. The van der Waals surface area contributed by atoms with Crippen molar-refractivity contribution in [3.05, 3.63) is 76.5 Å². The Hall–Kier alpha value is -2.88. The first kappa shape index (κ1) is 18.5. The molecule has 4 rings (SSSR count). The average molecular weight is 375 g/mol. The first-order valence-corrected chi connectivity index (χ1v) is 9.88. The fourth-order valence-electron chi connectivity index (χ4n) is 4.36. The number of carbonyl (C=O) groups is 2. The molecule has 4 nitrogen and oxygen atoms in total. The monoisotopic (exact) mass is 375 g/mol. The van der Waals surface area contributed by atoms with E-state index in [1.807, 2.05) is 24.3 Å². The van der Waals surface area contributed by atoms with E-state index in [1.54, 1.807) is 7.11 Å². The highest BCUT2D eigenvalue weighted by Crippen LogP contribution is 2.43. The molecule has 2 aromatic carbocycles. The molecule has 0 fully saturated rings. The van der Waals surface area contributed by atoms with Crippen molar-refractivity contribution in [2.75, 3.05) is 7.11 Å². The normalized spacial score (nSPS) is 21.9. The Bertz CT molecular complexity index is 943. The molecule has 0 bridgehead atoms. The molecular weight excluding hydrogens is 350 g/mol. The quantitative estimate of drug-likeness (QED) is 0.869. The average Bonchev–Trinajstić information content (AvgIpc) is 2.73. The van der Waals surface area contributed by atoms with E-state index in [0.29, 0.717) is 19.3 Å². The van der Waals surface area contributed by atoms with Crippen molar-refractivity contribution in [2.24, 2.45) is 0 Å². The maximum atomic E-state index is 13.1. The molecule has 1 heterocycles. The lowest BCUT2D eigenvalue weighted by Crippen LogP contribution is -2.38. The summed E-state index contributed by atoms with van der Waals surface area (Å²) in [5, 5.41) is 2.99. The van der Waals surface area contributed by atoms with Crippen LogP contribution in [-0.2, 0) is 16.0 Å². The smallest absolute Gasteiger partial charge is 0.225 e. The van der Waals surface area contributed by atoms with Crippen LogP contribution >= 0.6 is 0 Å². The van der Waals surface area contributed by atoms with E-state index in [0.717, 1.165) is 34.6 Å². The lowest BCUT2D eigenvalue weighted by atomic mass is 9.73. The van der Waals surface area contributed by atoms with Gasteiger partial charge >= 0.3 is 0 Å². The standard InChI is InChI=1S/C24H25NO3/c1-3-15-7-9-16(10-8-15)18-12-21-24(22(26)13-18)20(14-23(27)25-21)17-5-4-6-19(11-17)28-2/h4-11,18,20H,3,12-14H2,1-2H3,(H,25,27). The Morgan fingerprint density at radius 3 is 2.50 bits per heavy atom. The number of carbonyl (C=O) groups excluding carboxylic acids is 2. The zero-order chi connectivity index (χ0) is 19.7. The minimum Gasteiger partial charge on any atom is -0.497 e. The summed E-state index contributed by atoms with van der Waals surface area (Å²) < 4.78 is 5.33. The molecule has 1 aliphatic heterocycles. The minimum atomic E-state index is -0.199. The molecule has 0 radical (unpaired) electrons. The molecule has 0 spiro atoms. The van der Waals surface area contributed by atoms with Crippen LogP contribution in [0.2, 0.25) is 0 Å². The summed E-state index contributed by atoms with van der Waals surface area (Å²) in [6, 6.07) is 16.2. The van der Waals surface area contributed by atoms with Gasteiger partial charge < -0.3 is 10.1 Å². The van der Waals surface area contributed by atoms with E-state index >= 15 is 0 Å². The zero-order valence-electron chi connectivity index (χ0n) is 16.3. The largest absolute Gasteiger partial charge is 0.497 e. The van der Waals surface area contributed by atoms with E-state index in [4.69, 9.17) is 4.74 Å². The van der Waals surface area contributed by atoms with E-state index in [1.165, 1.54) is 5.56 Å². The lowest BCUT2D eigenvalue weighted by Gasteiger charge is -2.34. The second-order valence-electron chi connectivity index (χ2n) is 7.60. The van der Waals surface area contributed by atoms with Gasteiger partial charge in [0.05, 0.1) is 7.11 Å². The highest BCUT2D eigenvalue weighted by molar-refractivity contribution is 6.02. The van der Waals surface area contributed by atoms with Crippen molar-refractivity contribution < 1.29 is 14.3 Å².